The van der Waals surface area contributed by atoms with Crippen molar-refractivity contribution in [3.63, 3.8) is 0 Å². The highest BCUT2D eigenvalue weighted by atomic mass is 19.1. The van der Waals surface area contributed by atoms with Crippen LogP contribution in [0.25, 0.3) is 0 Å². The lowest BCUT2D eigenvalue weighted by atomic mass is 10.0. The monoisotopic (exact) mass is 283 g/mol. The van der Waals surface area contributed by atoms with Crippen molar-refractivity contribution in [2.75, 3.05) is 19.0 Å². The molecule has 0 spiro atoms. The van der Waals surface area contributed by atoms with Crippen molar-refractivity contribution in [2.45, 2.75) is 12.3 Å². The molecule has 3 rings (SSSR count). The van der Waals surface area contributed by atoms with Crippen molar-refractivity contribution in [3.05, 3.63) is 65.5 Å². The summed E-state index contributed by atoms with van der Waals surface area (Å²) < 4.78 is 12.9. The van der Waals surface area contributed by atoms with E-state index in [1.165, 1.54) is 17.7 Å². The summed E-state index contributed by atoms with van der Waals surface area (Å²) >= 11 is 0. The van der Waals surface area contributed by atoms with E-state index < -0.39 is 0 Å². The van der Waals surface area contributed by atoms with Gasteiger partial charge in [0.25, 0.3) is 0 Å². The van der Waals surface area contributed by atoms with Crippen LogP contribution in [0, 0.1) is 11.7 Å². The molecule has 2 unspecified atom stereocenters. The second-order valence-corrected chi connectivity index (χ2v) is 5.81. The molecule has 1 aliphatic rings. The predicted molar refractivity (Wildman–Crippen MR) is 82.3 cm³/mol. The van der Waals surface area contributed by atoms with Crippen LogP contribution >= 0.6 is 0 Å². The number of anilines is 1. The summed E-state index contributed by atoms with van der Waals surface area (Å²) in [6.07, 6.45) is 0.886. The van der Waals surface area contributed by atoms with Crippen molar-refractivity contribution in [2.24, 2.45) is 5.92 Å². The van der Waals surface area contributed by atoms with Crippen LogP contribution in [0.3, 0.4) is 0 Å². The molecule has 2 nitrogen and oxygen atoms in total. The summed E-state index contributed by atoms with van der Waals surface area (Å²) in [4.78, 5) is 14.4. The highest BCUT2D eigenvalue weighted by molar-refractivity contribution is 6.00. The van der Waals surface area contributed by atoms with Gasteiger partial charge in [0.05, 0.1) is 0 Å². The van der Waals surface area contributed by atoms with E-state index in [2.05, 4.69) is 29.2 Å². The first-order valence-corrected chi connectivity index (χ1v) is 7.13. The molecule has 2 aromatic carbocycles. The van der Waals surface area contributed by atoms with Crippen LogP contribution < -0.4 is 4.90 Å². The minimum absolute atomic E-state index is 0.0423. The molecule has 0 amide bonds. The van der Waals surface area contributed by atoms with Crippen molar-refractivity contribution >= 4 is 11.5 Å². The van der Waals surface area contributed by atoms with Crippen molar-refractivity contribution < 1.29 is 9.18 Å². The standard InChI is InChI=1S/C18H18FNO/c1-20(2)15-9-5-12(6-10-15)16-11-17(16)18(21)13-3-7-14(19)8-4-13/h3-10,16-17H,11H2,1-2H3. The molecular weight excluding hydrogens is 265 g/mol. The molecule has 21 heavy (non-hydrogen) atoms. The summed E-state index contributed by atoms with van der Waals surface area (Å²) in [5, 5.41) is 0. The zero-order valence-corrected chi connectivity index (χ0v) is 12.2. The minimum Gasteiger partial charge on any atom is -0.378 e. The third-order valence-electron chi connectivity index (χ3n) is 4.09. The number of Topliss-reactive ketones (excluding diaryl/α,β-unsaturated/α-hetero) is 1. The van der Waals surface area contributed by atoms with Gasteiger partial charge in [-0.3, -0.25) is 4.79 Å². The molecule has 2 atom stereocenters. The third kappa shape index (κ3) is 2.82. The van der Waals surface area contributed by atoms with Gasteiger partial charge in [-0.15, -0.1) is 0 Å². The number of halogens is 1. The molecule has 0 N–H and O–H groups in total. The summed E-state index contributed by atoms with van der Waals surface area (Å²) in [6, 6.07) is 14.2. The fourth-order valence-electron chi connectivity index (χ4n) is 2.70. The first kappa shape index (κ1) is 13.8. The van der Waals surface area contributed by atoms with Crippen LogP contribution in [0.1, 0.15) is 28.3 Å². The number of nitrogens with zero attached hydrogens (tertiary/aromatic N) is 1. The largest absolute Gasteiger partial charge is 0.378 e. The number of rotatable bonds is 4. The van der Waals surface area contributed by atoms with Gasteiger partial charge in [0.2, 0.25) is 0 Å². The Morgan fingerprint density at radius 1 is 1.05 bits per heavy atom. The van der Waals surface area contributed by atoms with E-state index in [0.717, 1.165) is 12.1 Å². The molecule has 0 radical (unpaired) electrons. The van der Waals surface area contributed by atoms with Gasteiger partial charge in [-0.05, 0) is 54.3 Å². The number of ketones is 1. The van der Waals surface area contributed by atoms with Crippen LogP contribution in [-0.2, 0) is 0 Å². The van der Waals surface area contributed by atoms with E-state index in [4.69, 9.17) is 0 Å². The smallest absolute Gasteiger partial charge is 0.166 e. The first-order chi connectivity index (χ1) is 10.1. The molecule has 0 aromatic heterocycles. The highest BCUT2D eigenvalue weighted by Crippen LogP contribution is 2.49. The quantitative estimate of drug-likeness (QED) is 0.794. The van der Waals surface area contributed by atoms with E-state index in [9.17, 15) is 9.18 Å². The Labute approximate surface area is 124 Å². The molecule has 0 heterocycles. The lowest BCUT2D eigenvalue weighted by Crippen LogP contribution is -2.08. The topological polar surface area (TPSA) is 20.3 Å². The molecule has 108 valence electrons. The van der Waals surface area contributed by atoms with E-state index in [0.29, 0.717) is 11.5 Å². The molecule has 0 aliphatic heterocycles. The normalized spacial score (nSPS) is 20.1. The number of hydrogen-bond donors (Lipinski definition) is 0. The Bertz CT molecular complexity index is 646. The Morgan fingerprint density at radius 3 is 2.24 bits per heavy atom. The maximum absolute atomic E-state index is 12.9. The Balaban J connectivity index is 1.71. The molecule has 1 fully saturated rings. The van der Waals surface area contributed by atoms with Gasteiger partial charge in [-0.2, -0.15) is 0 Å². The average Bonchev–Trinajstić information content (AvgIpc) is 3.28. The summed E-state index contributed by atoms with van der Waals surface area (Å²) in [5.41, 5.74) is 2.97. The van der Waals surface area contributed by atoms with E-state index in [-0.39, 0.29) is 17.5 Å². The fraction of sp³-hybridized carbons (Fsp3) is 0.278. The molecule has 1 saturated carbocycles. The molecule has 0 bridgehead atoms. The SMILES string of the molecule is CN(C)c1ccc(C2CC2C(=O)c2ccc(F)cc2)cc1. The lowest BCUT2D eigenvalue weighted by molar-refractivity contribution is 0.0965. The highest BCUT2D eigenvalue weighted by Gasteiger charge is 2.43. The van der Waals surface area contributed by atoms with Crippen LogP contribution in [0.15, 0.2) is 48.5 Å². The van der Waals surface area contributed by atoms with Gasteiger partial charge in [0.15, 0.2) is 5.78 Å². The van der Waals surface area contributed by atoms with Gasteiger partial charge in [-0.1, -0.05) is 12.1 Å². The van der Waals surface area contributed by atoms with Crippen molar-refractivity contribution in [3.8, 4) is 0 Å². The minimum atomic E-state index is -0.307. The number of carbonyl (C=O) groups excluding carboxylic acids is 1. The van der Waals surface area contributed by atoms with Crippen LogP contribution in [0.4, 0.5) is 10.1 Å². The van der Waals surface area contributed by atoms with E-state index in [1.807, 2.05) is 14.1 Å². The van der Waals surface area contributed by atoms with E-state index in [1.54, 1.807) is 12.1 Å². The molecule has 0 saturated heterocycles. The zero-order chi connectivity index (χ0) is 15.0. The Kier molecular flexibility index (Phi) is 3.50. The predicted octanol–water partition coefficient (Wildman–Crippen LogP) is 3.88. The maximum atomic E-state index is 12.9. The lowest BCUT2D eigenvalue weighted by Gasteiger charge is -2.12. The fourth-order valence-corrected chi connectivity index (χ4v) is 2.70. The van der Waals surface area contributed by atoms with Crippen LogP contribution in [0.2, 0.25) is 0 Å². The molecule has 2 aromatic rings. The van der Waals surface area contributed by atoms with Gasteiger partial charge >= 0.3 is 0 Å². The van der Waals surface area contributed by atoms with Crippen molar-refractivity contribution in [1.29, 1.82) is 0 Å². The number of benzene rings is 2. The molecule has 3 heteroatoms. The summed E-state index contributed by atoms with van der Waals surface area (Å²) in [5.74, 6) is 0.161. The summed E-state index contributed by atoms with van der Waals surface area (Å²) in [7, 11) is 4.01. The molecule has 1 aliphatic carbocycles. The first-order valence-electron chi connectivity index (χ1n) is 7.13. The third-order valence-corrected chi connectivity index (χ3v) is 4.09. The van der Waals surface area contributed by atoms with Gasteiger partial charge < -0.3 is 4.90 Å². The van der Waals surface area contributed by atoms with Crippen molar-refractivity contribution in [1.82, 2.24) is 0 Å². The van der Waals surface area contributed by atoms with Gasteiger partial charge in [0.1, 0.15) is 5.82 Å². The van der Waals surface area contributed by atoms with Crippen LogP contribution in [0.5, 0.6) is 0 Å². The van der Waals surface area contributed by atoms with E-state index >= 15 is 0 Å². The average molecular weight is 283 g/mol. The Morgan fingerprint density at radius 2 is 1.67 bits per heavy atom. The Hall–Kier alpha value is -2.16. The summed E-state index contributed by atoms with van der Waals surface area (Å²) in [6.45, 7) is 0. The van der Waals surface area contributed by atoms with Gasteiger partial charge in [0, 0.05) is 31.3 Å². The molecular formula is C18H18FNO. The number of hydrogen-bond acceptors (Lipinski definition) is 2. The number of carbonyl (C=O) groups is 1. The second kappa shape index (κ2) is 5.32. The van der Waals surface area contributed by atoms with Crippen LogP contribution in [-0.4, -0.2) is 19.9 Å². The zero-order valence-electron chi connectivity index (χ0n) is 12.2. The second-order valence-electron chi connectivity index (χ2n) is 5.81. The van der Waals surface area contributed by atoms with Gasteiger partial charge in [-0.25, -0.2) is 4.39 Å². The maximum Gasteiger partial charge on any atom is 0.166 e.